The molecule has 1 aliphatic carbocycles. The molecule has 2 N–H and O–H groups in total. The third kappa shape index (κ3) is 4.42. The summed E-state index contributed by atoms with van der Waals surface area (Å²) >= 11 is 6.19. The van der Waals surface area contributed by atoms with Gasteiger partial charge < -0.3 is 19.7 Å². The number of aromatic nitrogens is 2. The van der Waals surface area contributed by atoms with Crippen LogP contribution in [-0.4, -0.2) is 57.3 Å². The molecular weight excluding hydrogens is 521 g/mol. The lowest BCUT2D eigenvalue weighted by Gasteiger charge is -2.41. The van der Waals surface area contributed by atoms with Crippen LogP contribution in [0.3, 0.4) is 0 Å². The lowest BCUT2D eigenvalue weighted by atomic mass is 9.77. The van der Waals surface area contributed by atoms with E-state index in [0.29, 0.717) is 55.9 Å². The molecule has 1 saturated heterocycles. The van der Waals surface area contributed by atoms with Gasteiger partial charge in [-0.1, -0.05) is 11.6 Å². The summed E-state index contributed by atoms with van der Waals surface area (Å²) in [6.07, 6.45) is -0.974. The number of hydrogen-bond acceptors (Lipinski definition) is 5. The predicted octanol–water partition coefficient (Wildman–Crippen LogP) is 4.91. The van der Waals surface area contributed by atoms with E-state index in [2.05, 4.69) is 15.2 Å². The van der Waals surface area contributed by atoms with Crippen molar-refractivity contribution >= 4 is 28.5 Å². The second-order valence-corrected chi connectivity index (χ2v) is 11.4. The highest BCUT2D eigenvalue weighted by Crippen LogP contribution is 2.45. The third-order valence-electron chi connectivity index (χ3n) is 8.17. The van der Waals surface area contributed by atoms with Crippen molar-refractivity contribution in [2.24, 2.45) is 0 Å². The first-order valence-electron chi connectivity index (χ1n) is 12.7. The number of benzene rings is 2. The van der Waals surface area contributed by atoms with Crippen LogP contribution in [0.2, 0.25) is 5.02 Å². The number of nitrogens with zero attached hydrogens (tertiary/aromatic N) is 3. The van der Waals surface area contributed by atoms with Crippen LogP contribution in [0, 0.1) is 0 Å². The van der Waals surface area contributed by atoms with Gasteiger partial charge in [-0.3, -0.25) is 9.69 Å². The molecule has 2 aromatic carbocycles. The van der Waals surface area contributed by atoms with Gasteiger partial charge in [0.2, 0.25) is 0 Å². The first-order valence-corrected chi connectivity index (χ1v) is 13.1. The summed E-state index contributed by atoms with van der Waals surface area (Å²) in [6.45, 7) is 3.85. The molecule has 7 nitrogen and oxygen atoms in total. The highest BCUT2D eigenvalue weighted by Gasteiger charge is 2.45. The summed E-state index contributed by atoms with van der Waals surface area (Å²) in [6, 6.07) is 7.69. The Morgan fingerprint density at radius 2 is 1.95 bits per heavy atom. The molecule has 2 aliphatic heterocycles. The fraction of sp³-hybridized carbons (Fsp3) is 0.481. The van der Waals surface area contributed by atoms with Gasteiger partial charge in [0.05, 0.1) is 34.1 Å². The van der Waals surface area contributed by atoms with E-state index < -0.39 is 22.9 Å². The largest absolute Gasteiger partial charge is 0.492 e. The molecule has 11 heteroatoms. The number of piperidine rings is 1. The van der Waals surface area contributed by atoms with Gasteiger partial charge in [0, 0.05) is 42.3 Å². The highest BCUT2D eigenvalue weighted by atomic mass is 35.5. The van der Waals surface area contributed by atoms with Crippen molar-refractivity contribution in [3.63, 3.8) is 0 Å². The molecule has 1 aromatic heterocycles. The van der Waals surface area contributed by atoms with Crippen molar-refractivity contribution < 1.29 is 27.8 Å². The first-order chi connectivity index (χ1) is 17.9. The van der Waals surface area contributed by atoms with Gasteiger partial charge in [0.15, 0.2) is 0 Å². The monoisotopic (exact) mass is 548 g/mol. The van der Waals surface area contributed by atoms with E-state index in [1.54, 1.807) is 19.1 Å². The lowest BCUT2D eigenvalue weighted by Crippen LogP contribution is -2.49. The molecule has 38 heavy (non-hydrogen) atoms. The smallest absolute Gasteiger partial charge is 0.418 e. The number of alkyl halides is 3. The molecule has 202 valence electrons. The van der Waals surface area contributed by atoms with E-state index in [-0.39, 0.29) is 35.3 Å². The van der Waals surface area contributed by atoms with Crippen LogP contribution >= 0.6 is 11.6 Å². The van der Waals surface area contributed by atoms with Gasteiger partial charge in [-0.15, -0.1) is 0 Å². The van der Waals surface area contributed by atoms with E-state index >= 15 is 0 Å². The SMILES string of the molecule is CC1(O)CC(n2cnc3cc(OCCN4CCC5(CC4)NC(=O)c4ccc(Cl)cc45)cc(C(F)(F)F)c32)C1. The maximum absolute atomic E-state index is 14.0. The zero-order valence-electron chi connectivity index (χ0n) is 20.8. The van der Waals surface area contributed by atoms with Crippen molar-refractivity contribution in [3.8, 4) is 5.75 Å². The van der Waals surface area contributed by atoms with Gasteiger partial charge >= 0.3 is 6.18 Å². The van der Waals surface area contributed by atoms with Crippen LogP contribution in [0.25, 0.3) is 11.0 Å². The number of rotatable bonds is 5. The van der Waals surface area contributed by atoms with Crippen molar-refractivity contribution in [1.29, 1.82) is 0 Å². The second-order valence-electron chi connectivity index (χ2n) is 11.0. The Labute approximate surface area is 222 Å². The third-order valence-corrected chi connectivity index (χ3v) is 8.41. The lowest BCUT2D eigenvalue weighted by molar-refractivity contribution is -0.136. The minimum absolute atomic E-state index is 0.0191. The minimum Gasteiger partial charge on any atom is -0.492 e. The molecule has 1 amide bonds. The number of fused-ring (bicyclic) bond motifs is 3. The number of nitrogens with one attached hydrogen (secondary N) is 1. The van der Waals surface area contributed by atoms with E-state index in [0.717, 1.165) is 11.6 Å². The summed E-state index contributed by atoms with van der Waals surface area (Å²) in [5, 5.41) is 13.8. The van der Waals surface area contributed by atoms with Gasteiger partial charge in [-0.2, -0.15) is 13.2 Å². The Kier molecular flexibility index (Phi) is 5.93. The van der Waals surface area contributed by atoms with Gasteiger partial charge in [0.25, 0.3) is 5.91 Å². The Morgan fingerprint density at radius 1 is 1.21 bits per heavy atom. The maximum Gasteiger partial charge on any atom is 0.418 e. The summed E-state index contributed by atoms with van der Waals surface area (Å²) < 4.78 is 49.4. The number of likely N-dealkylation sites (tertiary alicyclic amines) is 1. The number of hydrogen-bond donors (Lipinski definition) is 2. The van der Waals surface area contributed by atoms with Gasteiger partial charge in [0.1, 0.15) is 12.4 Å². The van der Waals surface area contributed by atoms with Crippen LogP contribution in [0.15, 0.2) is 36.7 Å². The van der Waals surface area contributed by atoms with Gasteiger partial charge in [-0.25, -0.2) is 4.98 Å². The Morgan fingerprint density at radius 3 is 2.63 bits per heavy atom. The van der Waals surface area contributed by atoms with E-state index in [4.69, 9.17) is 16.3 Å². The molecule has 2 fully saturated rings. The number of aliphatic hydroxyl groups is 1. The van der Waals surface area contributed by atoms with E-state index in [9.17, 15) is 23.1 Å². The van der Waals surface area contributed by atoms with E-state index in [1.165, 1.54) is 17.0 Å². The molecule has 3 heterocycles. The summed E-state index contributed by atoms with van der Waals surface area (Å²) in [4.78, 5) is 18.9. The number of carbonyl (C=O) groups is 1. The Hall–Kier alpha value is -2.82. The zero-order chi connectivity index (χ0) is 26.9. The maximum atomic E-state index is 14.0. The first kappa shape index (κ1) is 25.5. The fourth-order valence-corrected chi connectivity index (χ4v) is 6.35. The van der Waals surface area contributed by atoms with Crippen LogP contribution in [0.5, 0.6) is 5.75 Å². The molecule has 3 aliphatic rings. The normalized spacial score (nSPS) is 24.9. The van der Waals surface area contributed by atoms with Crippen LogP contribution in [0.4, 0.5) is 13.2 Å². The predicted molar refractivity (Wildman–Crippen MR) is 135 cm³/mol. The Balaban J connectivity index is 1.12. The van der Waals surface area contributed by atoms with Crippen molar-refractivity contribution in [2.75, 3.05) is 26.2 Å². The average Bonchev–Trinajstić information content (AvgIpc) is 3.36. The molecule has 3 aromatic rings. The van der Waals surface area contributed by atoms with Crippen LogP contribution in [0.1, 0.15) is 60.1 Å². The Bertz CT molecular complexity index is 1400. The number of amides is 1. The number of imidazole rings is 1. The standard InChI is InChI=1S/C27H28ClF3N4O3/c1-25(37)13-17(14-25)35-15-32-22-12-18(11-21(23(22)35)27(29,30)31)38-9-8-34-6-4-26(5-7-34)20-10-16(28)2-3-19(20)24(36)33-26/h2-3,10-12,15,17,37H,4-9,13-14H2,1H3,(H,33,36). The molecule has 0 unspecified atom stereocenters. The summed E-state index contributed by atoms with van der Waals surface area (Å²) in [5.41, 5.74) is -0.259. The minimum atomic E-state index is -4.58. The van der Waals surface area contributed by atoms with Crippen molar-refractivity contribution in [1.82, 2.24) is 19.8 Å². The average molecular weight is 549 g/mol. The molecule has 0 bridgehead atoms. The number of halogens is 4. The molecule has 1 spiro atoms. The fourth-order valence-electron chi connectivity index (χ4n) is 6.18. The topological polar surface area (TPSA) is 79.6 Å². The number of ether oxygens (including phenoxy) is 1. The zero-order valence-corrected chi connectivity index (χ0v) is 21.6. The van der Waals surface area contributed by atoms with Crippen LogP contribution < -0.4 is 10.1 Å². The number of carbonyl (C=O) groups excluding carboxylic acids is 1. The second kappa shape index (κ2) is 8.86. The molecular formula is C27H28ClF3N4O3. The van der Waals surface area contributed by atoms with Crippen molar-refractivity contribution in [2.45, 2.75) is 56.0 Å². The van der Waals surface area contributed by atoms with Crippen molar-refractivity contribution in [3.05, 3.63) is 58.4 Å². The molecule has 0 radical (unpaired) electrons. The molecule has 0 atom stereocenters. The summed E-state index contributed by atoms with van der Waals surface area (Å²) in [7, 11) is 0. The summed E-state index contributed by atoms with van der Waals surface area (Å²) in [5.74, 6) is 0.0326. The van der Waals surface area contributed by atoms with Crippen LogP contribution in [-0.2, 0) is 11.7 Å². The van der Waals surface area contributed by atoms with Gasteiger partial charge in [-0.05, 0) is 62.4 Å². The van der Waals surface area contributed by atoms with E-state index in [1.807, 2.05) is 6.07 Å². The molecule has 6 rings (SSSR count). The molecule has 1 saturated carbocycles. The quantitative estimate of drug-likeness (QED) is 0.474. The highest BCUT2D eigenvalue weighted by molar-refractivity contribution is 6.30.